The number of ketones is 1. The third-order valence-electron chi connectivity index (χ3n) is 3.20. The maximum absolute atomic E-state index is 12.5. The molecule has 0 N–H and O–H groups in total. The van der Waals surface area contributed by atoms with E-state index in [9.17, 15) is 13.2 Å². The van der Waals surface area contributed by atoms with Gasteiger partial charge < -0.3 is 0 Å². The van der Waals surface area contributed by atoms with Gasteiger partial charge in [0.05, 0.1) is 0 Å². The van der Waals surface area contributed by atoms with Crippen LogP contribution in [0.2, 0.25) is 4.82 Å². The molecular weight excluding hydrogens is 363 g/mol. The van der Waals surface area contributed by atoms with Crippen molar-refractivity contribution in [3.63, 3.8) is 0 Å². The van der Waals surface area contributed by atoms with Crippen molar-refractivity contribution in [3.05, 3.63) is 60.7 Å². The van der Waals surface area contributed by atoms with Crippen molar-refractivity contribution in [1.29, 1.82) is 0 Å². The predicted octanol–water partition coefficient (Wildman–Crippen LogP) is 2.26. The van der Waals surface area contributed by atoms with Crippen LogP contribution in [0.5, 0.6) is 0 Å². The molecule has 0 fully saturated rings. The molecule has 2 rings (SSSR count). The normalized spacial score (nSPS) is 12.8. The zero-order valence-corrected chi connectivity index (χ0v) is 14.8. The first kappa shape index (κ1) is 16.9. The van der Waals surface area contributed by atoms with Gasteiger partial charge in [-0.05, 0) is 0 Å². The Morgan fingerprint density at radius 3 is 2.09 bits per heavy atom. The Labute approximate surface area is 137 Å². The number of hydrogen-bond donors (Lipinski definition) is 0. The summed E-state index contributed by atoms with van der Waals surface area (Å²) < 4.78 is 26.1. The van der Waals surface area contributed by atoms with E-state index in [4.69, 9.17) is 0 Å². The molecule has 116 valence electrons. The van der Waals surface area contributed by atoms with Crippen molar-refractivity contribution in [3.8, 4) is 0 Å². The molecule has 0 heterocycles. The summed E-state index contributed by atoms with van der Waals surface area (Å²) in [6.07, 6.45) is 0.365. The summed E-state index contributed by atoms with van der Waals surface area (Å²) in [5.74, 6) is -0.0955. The molecule has 0 amide bonds. The summed E-state index contributed by atoms with van der Waals surface area (Å²) >= 11 is -0.184. The minimum absolute atomic E-state index is 0.0170. The van der Waals surface area contributed by atoms with Crippen LogP contribution in [0.3, 0.4) is 0 Å². The Hall–Kier alpha value is -1.42. The molecule has 0 saturated carbocycles. The summed E-state index contributed by atoms with van der Waals surface area (Å²) in [5.41, 5.74) is 0. The summed E-state index contributed by atoms with van der Waals surface area (Å²) in [5, 5.41) is 0. The van der Waals surface area contributed by atoms with Crippen LogP contribution in [0.15, 0.2) is 65.6 Å². The number of Topliss-reactive ketones (excluding diaryl/α,β-unsaturated/α-hetero) is 1. The van der Waals surface area contributed by atoms with E-state index in [1.807, 2.05) is 30.3 Å². The van der Waals surface area contributed by atoms with Gasteiger partial charge in [-0.2, -0.15) is 0 Å². The Bertz CT molecular complexity index is 712. The quantitative estimate of drug-likeness (QED) is 0.692. The van der Waals surface area contributed by atoms with Crippen molar-refractivity contribution < 1.29 is 13.2 Å². The second-order valence-electron chi connectivity index (χ2n) is 4.83. The molecule has 1 atom stereocenters. The molecule has 1 unspecified atom stereocenters. The Morgan fingerprint density at radius 2 is 1.55 bits per heavy atom. The van der Waals surface area contributed by atoms with Gasteiger partial charge in [-0.25, -0.2) is 0 Å². The fourth-order valence-corrected chi connectivity index (χ4v) is 6.95. The fraction of sp³-hybridized carbons (Fsp3) is 0.235. The zero-order valence-electron chi connectivity index (χ0n) is 12.3. The van der Waals surface area contributed by atoms with E-state index in [0.29, 0.717) is 6.42 Å². The number of carbonyl (C=O) groups excluding carboxylic acids is 1. The number of rotatable bonds is 7. The van der Waals surface area contributed by atoms with Gasteiger partial charge in [-0.3, -0.25) is 0 Å². The predicted molar refractivity (Wildman–Crippen MR) is 89.4 cm³/mol. The second-order valence-corrected chi connectivity index (χ2v) is 9.55. The van der Waals surface area contributed by atoms with Gasteiger partial charge in [-0.1, -0.05) is 0 Å². The molecule has 0 saturated heterocycles. The van der Waals surface area contributed by atoms with Gasteiger partial charge in [0.1, 0.15) is 0 Å². The Kier molecular flexibility index (Phi) is 5.95. The van der Waals surface area contributed by atoms with Crippen LogP contribution in [0, 0.1) is 0 Å². The Balaban J connectivity index is 2.22. The molecule has 2 aromatic rings. The van der Waals surface area contributed by atoms with Crippen LogP contribution in [-0.2, 0) is 14.6 Å². The van der Waals surface area contributed by atoms with Gasteiger partial charge in [0.25, 0.3) is 0 Å². The summed E-state index contributed by atoms with van der Waals surface area (Å²) in [7, 11) is -3.44. The molecule has 0 spiro atoms. The van der Waals surface area contributed by atoms with Gasteiger partial charge in [0, 0.05) is 0 Å². The van der Waals surface area contributed by atoms with Crippen molar-refractivity contribution in [2.45, 2.75) is 23.1 Å². The van der Waals surface area contributed by atoms with E-state index in [1.165, 1.54) is 0 Å². The fourth-order valence-electron chi connectivity index (χ4n) is 2.01. The summed E-state index contributed by atoms with van der Waals surface area (Å²) in [4.78, 5) is 12.0. The molecule has 5 heteroatoms. The minimum atomic E-state index is -3.44. The molecule has 22 heavy (non-hydrogen) atoms. The molecule has 0 aliphatic rings. The SMILES string of the molecule is CCC(=O)C(CS(=O)(=O)c1ccccc1)[Se]c1ccccc1. The number of carbonyl (C=O) groups is 1. The van der Waals surface area contributed by atoms with Crippen LogP contribution in [0.4, 0.5) is 0 Å². The van der Waals surface area contributed by atoms with Crippen molar-refractivity contribution in [1.82, 2.24) is 0 Å². The summed E-state index contributed by atoms with van der Waals surface area (Å²) in [6, 6.07) is 18.0. The zero-order chi connectivity index (χ0) is 16.0. The first-order chi connectivity index (χ1) is 10.5. The molecule has 0 aliphatic heterocycles. The van der Waals surface area contributed by atoms with E-state index in [2.05, 4.69) is 0 Å². The Morgan fingerprint density at radius 1 is 1.00 bits per heavy atom. The van der Waals surface area contributed by atoms with Crippen LogP contribution >= 0.6 is 0 Å². The van der Waals surface area contributed by atoms with Crippen LogP contribution in [-0.4, -0.2) is 34.9 Å². The van der Waals surface area contributed by atoms with Crippen molar-refractivity contribution in [2.24, 2.45) is 0 Å². The average molecular weight is 381 g/mol. The van der Waals surface area contributed by atoms with E-state index < -0.39 is 14.7 Å². The standard InChI is InChI=1S/C17H18O3SSe/c1-2-16(18)17(22-15-11-7-4-8-12-15)13-21(19,20)14-9-5-3-6-10-14/h3-12,17H,2,13H2,1H3. The number of hydrogen-bond acceptors (Lipinski definition) is 3. The maximum atomic E-state index is 12.5. The van der Waals surface area contributed by atoms with Crippen LogP contribution in [0.1, 0.15) is 13.3 Å². The monoisotopic (exact) mass is 382 g/mol. The average Bonchev–Trinajstić information content (AvgIpc) is 2.55. The first-order valence-corrected chi connectivity index (χ1v) is 10.5. The van der Waals surface area contributed by atoms with Crippen LogP contribution in [0.25, 0.3) is 0 Å². The van der Waals surface area contributed by atoms with E-state index in [0.717, 1.165) is 4.46 Å². The topological polar surface area (TPSA) is 51.2 Å². The number of benzene rings is 2. The molecule has 0 aromatic heterocycles. The first-order valence-electron chi connectivity index (χ1n) is 7.05. The van der Waals surface area contributed by atoms with Crippen molar-refractivity contribution >= 4 is 35.0 Å². The second kappa shape index (κ2) is 7.72. The van der Waals surface area contributed by atoms with Gasteiger partial charge in [0.2, 0.25) is 0 Å². The van der Waals surface area contributed by atoms with Crippen molar-refractivity contribution in [2.75, 3.05) is 5.75 Å². The van der Waals surface area contributed by atoms with E-state index >= 15 is 0 Å². The molecule has 0 radical (unpaired) electrons. The number of sulfone groups is 1. The van der Waals surface area contributed by atoms with Gasteiger partial charge >= 0.3 is 138 Å². The molecular formula is C17H18O3SSe. The van der Waals surface area contributed by atoms with E-state index in [1.54, 1.807) is 37.3 Å². The van der Waals surface area contributed by atoms with Crippen LogP contribution < -0.4 is 4.46 Å². The third-order valence-corrected chi connectivity index (χ3v) is 8.08. The molecule has 2 aromatic carbocycles. The van der Waals surface area contributed by atoms with Gasteiger partial charge in [-0.15, -0.1) is 0 Å². The third kappa shape index (κ3) is 4.54. The summed E-state index contributed by atoms with van der Waals surface area (Å²) in [6.45, 7) is 1.78. The molecule has 3 nitrogen and oxygen atoms in total. The van der Waals surface area contributed by atoms with E-state index in [-0.39, 0.29) is 31.4 Å². The molecule has 0 aliphatic carbocycles. The van der Waals surface area contributed by atoms with Gasteiger partial charge in [0.15, 0.2) is 0 Å². The molecule has 0 bridgehead atoms.